The largest absolute Gasteiger partial charge is 0.445 e. The lowest BCUT2D eigenvalue weighted by Gasteiger charge is -2.39. The van der Waals surface area contributed by atoms with Gasteiger partial charge in [-0.3, -0.25) is 9.69 Å². The van der Waals surface area contributed by atoms with Crippen molar-refractivity contribution >= 4 is 28.9 Å². The quantitative estimate of drug-likeness (QED) is 0.0228. The van der Waals surface area contributed by atoms with E-state index in [1.807, 2.05) is 97.1 Å². The Kier molecular flexibility index (Phi) is 23.2. The first-order chi connectivity index (χ1) is 39.8. The summed E-state index contributed by atoms with van der Waals surface area (Å²) in [5.41, 5.74) is 11.2. The van der Waals surface area contributed by atoms with Crippen LogP contribution in [0.2, 0.25) is 0 Å². The van der Waals surface area contributed by atoms with Gasteiger partial charge in [0.15, 0.2) is 12.6 Å². The van der Waals surface area contributed by atoms with Gasteiger partial charge in [-0.15, -0.1) is 0 Å². The predicted molar refractivity (Wildman–Crippen MR) is 304 cm³/mol. The van der Waals surface area contributed by atoms with Gasteiger partial charge in [-0.1, -0.05) is 158 Å². The van der Waals surface area contributed by atoms with Crippen LogP contribution in [0.5, 0.6) is 0 Å². The van der Waals surface area contributed by atoms with Gasteiger partial charge in [0.1, 0.15) is 55.9 Å². The fourth-order valence-electron chi connectivity index (χ4n) is 10.8. The molecule has 0 saturated carbocycles. The first-order valence-corrected chi connectivity index (χ1v) is 28.3. The normalized spacial score (nSPS) is 21.3. The lowest BCUT2D eigenvalue weighted by atomic mass is 9.85. The van der Waals surface area contributed by atoms with E-state index in [1.165, 1.54) is 4.90 Å². The van der Waals surface area contributed by atoms with Crippen LogP contribution in [0.3, 0.4) is 0 Å². The second kappa shape index (κ2) is 31.0. The number of aryl methyl sites for hydroxylation is 2. The maximum absolute atomic E-state index is 14.3. The van der Waals surface area contributed by atoms with Crippen molar-refractivity contribution in [3.8, 4) is 0 Å². The number of carbonyl (C=O) groups is 3. The molecule has 3 amide bonds. The number of hydrogen-bond acceptors (Lipinski definition) is 15. The van der Waals surface area contributed by atoms with Crippen molar-refractivity contribution in [3.05, 3.63) is 191 Å². The summed E-state index contributed by atoms with van der Waals surface area (Å²) in [5, 5.41) is 73.7. The van der Waals surface area contributed by atoms with Gasteiger partial charge in [0, 0.05) is 24.2 Å². The van der Waals surface area contributed by atoms with E-state index in [4.69, 9.17) is 34.2 Å². The zero-order valence-electron chi connectivity index (χ0n) is 45.9. The molecule has 11 atom stereocenters. The van der Waals surface area contributed by atoms with Crippen molar-refractivity contribution in [1.29, 1.82) is 0 Å². The molecule has 0 aliphatic carbocycles. The fraction of sp³-hybridized carbons (Fsp3) is 0.422. The van der Waals surface area contributed by atoms with Crippen LogP contribution in [0.15, 0.2) is 158 Å². The van der Waals surface area contributed by atoms with E-state index in [0.717, 1.165) is 52.3 Å². The van der Waals surface area contributed by atoms with Crippen molar-refractivity contribution in [2.75, 3.05) is 26.3 Å². The minimum absolute atomic E-state index is 0.0601. The number of unbranched alkanes of at least 4 members (excludes halogenated alkanes) is 1. The number of nitrogens with two attached hydrogens (primary N) is 1. The van der Waals surface area contributed by atoms with E-state index in [-0.39, 0.29) is 65.1 Å². The van der Waals surface area contributed by atoms with E-state index in [0.29, 0.717) is 24.1 Å². The summed E-state index contributed by atoms with van der Waals surface area (Å²) in [5.74, 6) is -1.45. The number of hydrogen-bond donors (Lipinski definition) is 8. The van der Waals surface area contributed by atoms with Gasteiger partial charge in [0.25, 0.3) is 0 Å². The molecule has 0 spiro atoms. The van der Waals surface area contributed by atoms with Crippen LogP contribution in [0.4, 0.5) is 9.59 Å². The maximum atomic E-state index is 14.3. The molecule has 2 fully saturated rings. The molecule has 2 unspecified atom stereocenters. The van der Waals surface area contributed by atoms with Gasteiger partial charge < -0.3 is 70.1 Å². The van der Waals surface area contributed by atoms with E-state index in [9.17, 15) is 45.0 Å². The Bertz CT molecular complexity index is 2810. The average Bonchev–Trinajstić information content (AvgIpc) is 3.52. The summed E-state index contributed by atoms with van der Waals surface area (Å²) in [4.78, 5) is 41.6. The van der Waals surface area contributed by atoms with Crippen LogP contribution in [-0.4, -0.2) is 135 Å². The minimum Gasteiger partial charge on any atom is -0.445 e. The molecule has 8 rings (SSSR count). The van der Waals surface area contributed by atoms with Crippen molar-refractivity contribution in [2.45, 2.75) is 138 Å². The number of nitrogens with one attached hydrogen (secondary N) is 1. The molecule has 0 radical (unpaired) electrons. The van der Waals surface area contributed by atoms with Gasteiger partial charge in [0.05, 0.1) is 25.4 Å². The monoisotopic (exact) mass is 1130 g/mol. The van der Waals surface area contributed by atoms with E-state index < -0.39 is 91.5 Å². The van der Waals surface area contributed by atoms with Gasteiger partial charge in [-0.25, -0.2) is 9.59 Å². The third-order valence-corrected chi connectivity index (χ3v) is 15.2. The predicted octanol–water partition coefficient (Wildman–Crippen LogP) is 7.08. The van der Waals surface area contributed by atoms with Gasteiger partial charge >= 0.3 is 12.2 Å². The van der Waals surface area contributed by atoms with Crippen LogP contribution in [0.25, 0.3) is 10.8 Å². The number of primary amides is 1. The van der Waals surface area contributed by atoms with Gasteiger partial charge in [0.2, 0.25) is 5.91 Å². The molecule has 2 saturated heterocycles. The molecular formula is C64H77N3O15. The average molecular weight is 1130 g/mol. The Labute approximate surface area is 478 Å². The van der Waals surface area contributed by atoms with Crippen molar-refractivity contribution < 1.29 is 73.4 Å². The summed E-state index contributed by atoms with van der Waals surface area (Å²) in [6.07, 6.45) is -11.9. The molecule has 6 aromatic rings. The number of rotatable bonds is 28. The third-order valence-electron chi connectivity index (χ3n) is 15.2. The molecule has 2 aliphatic heterocycles. The van der Waals surface area contributed by atoms with Crippen molar-refractivity contribution in [2.24, 2.45) is 11.7 Å². The highest BCUT2D eigenvalue weighted by Gasteiger charge is 2.43. The van der Waals surface area contributed by atoms with Crippen molar-refractivity contribution in [3.63, 3.8) is 0 Å². The van der Waals surface area contributed by atoms with Crippen LogP contribution >= 0.6 is 0 Å². The van der Waals surface area contributed by atoms with E-state index >= 15 is 0 Å². The maximum Gasteiger partial charge on any atom is 0.410 e. The highest BCUT2D eigenvalue weighted by atomic mass is 16.7. The van der Waals surface area contributed by atoms with E-state index in [2.05, 4.69) is 17.4 Å². The minimum atomic E-state index is -1.64. The zero-order chi connectivity index (χ0) is 57.8. The number of alkyl carbamates (subject to hydrolysis) is 1. The summed E-state index contributed by atoms with van der Waals surface area (Å²) < 4.78 is 34.7. The number of aliphatic hydroxyl groups is 6. The molecule has 0 bridgehead atoms. The molecule has 2 heterocycles. The van der Waals surface area contributed by atoms with Crippen LogP contribution < -0.4 is 11.1 Å². The number of aliphatic hydroxyl groups excluding tert-OH is 6. The first kappa shape index (κ1) is 61.3. The molecule has 18 heteroatoms. The SMILES string of the molecule is NC(=O)[C@H](CCc1ccc(CCCCNC(=O)OCc2ccccc2)c2ccccc12)N(CCCC(C[C@H](O)[C@@H](O)[C@@H]1OC(c2ccccc2)OC[C@H]1O)C[C@H](O)[C@@H](O)[C@@H]1OC(c2ccccc2)OC[C@H]1O)C(=O)OCc1ccccc1. The number of nitrogens with zero attached hydrogens (tertiary/aromatic N) is 1. The highest BCUT2D eigenvalue weighted by molar-refractivity contribution is 5.89. The molecule has 6 aromatic carbocycles. The molecule has 0 aromatic heterocycles. The molecule has 438 valence electrons. The molecule has 2 aliphatic rings. The summed E-state index contributed by atoms with van der Waals surface area (Å²) in [6, 6.07) is 47.4. The standard InChI is InChI=1S/C64H77N3O15/c65-60(74)51(33-32-46-31-30-45(49-28-13-14-29-50(46)49)23-15-16-34-66-63(75)79-38-42-18-5-1-6-19-42)67(64(76)80-39-43-20-7-2-8-21-43)35-17-22-44(36-52(68)56(72)58-54(70)40-77-61(81-58)47-24-9-3-10-25-47)37-53(69)57(73)59-55(71)41-78-62(82-59)48-26-11-4-12-27-48/h1-14,18-21,24-31,44,51-59,61-62,68-73H,15-17,22-23,32-41H2,(H2,65,74)(H,66,75)/t44?,51-,52-,53-,54+,55+,56+,57+,58+,59+,61?,62?/m0/s1. The molecular weight excluding hydrogens is 1050 g/mol. The highest BCUT2D eigenvalue weighted by Crippen LogP contribution is 2.34. The van der Waals surface area contributed by atoms with Crippen LogP contribution in [-0.2, 0) is 59.3 Å². The Balaban J connectivity index is 0.959. The summed E-state index contributed by atoms with van der Waals surface area (Å²) in [6.45, 7) is 0.129. The zero-order valence-corrected chi connectivity index (χ0v) is 45.9. The van der Waals surface area contributed by atoms with Crippen molar-refractivity contribution in [1.82, 2.24) is 10.2 Å². The fourth-order valence-corrected chi connectivity index (χ4v) is 10.8. The van der Waals surface area contributed by atoms with Crippen LogP contribution in [0.1, 0.15) is 90.9 Å². The first-order valence-electron chi connectivity index (χ1n) is 28.3. The number of ether oxygens (including phenoxy) is 6. The van der Waals surface area contributed by atoms with Gasteiger partial charge in [-0.2, -0.15) is 0 Å². The summed E-state index contributed by atoms with van der Waals surface area (Å²) in [7, 11) is 0. The Morgan fingerprint density at radius 1 is 0.573 bits per heavy atom. The van der Waals surface area contributed by atoms with Gasteiger partial charge in [-0.05, 0) is 96.7 Å². The number of amides is 3. The molecule has 82 heavy (non-hydrogen) atoms. The smallest absolute Gasteiger partial charge is 0.410 e. The van der Waals surface area contributed by atoms with Crippen LogP contribution in [0, 0.1) is 5.92 Å². The number of carbonyl (C=O) groups excluding carboxylic acids is 3. The lowest BCUT2D eigenvalue weighted by Crippen LogP contribution is -2.52. The lowest BCUT2D eigenvalue weighted by molar-refractivity contribution is -0.284. The molecule has 18 nitrogen and oxygen atoms in total. The number of benzene rings is 6. The second-order valence-electron chi connectivity index (χ2n) is 21.1. The Morgan fingerprint density at radius 2 is 1.04 bits per heavy atom. The Hall–Kier alpha value is -6.81. The Morgan fingerprint density at radius 3 is 1.54 bits per heavy atom. The third kappa shape index (κ3) is 17.4. The molecule has 9 N–H and O–H groups in total. The van der Waals surface area contributed by atoms with E-state index in [1.54, 1.807) is 48.5 Å². The second-order valence-corrected chi connectivity index (χ2v) is 21.1. The summed E-state index contributed by atoms with van der Waals surface area (Å²) >= 11 is 0. The number of fused-ring (bicyclic) bond motifs is 1. The topological polar surface area (TPSA) is 269 Å².